The van der Waals surface area contributed by atoms with Crippen molar-refractivity contribution in [1.82, 2.24) is 10.6 Å². The lowest BCUT2D eigenvalue weighted by Crippen LogP contribution is -2.41. The lowest BCUT2D eigenvalue weighted by atomic mass is 10.1. The number of nitrogens with one attached hydrogen (secondary N) is 2. The van der Waals surface area contributed by atoms with Crippen molar-refractivity contribution in [1.29, 1.82) is 0 Å². The Morgan fingerprint density at radius 3 is 2.67 bits per heavy atom. The van der Waals surface area contributed by atoms with Crippen LogP contribution < -0.4 is 10.6 Å². The van der Waals surface area contributed by atoms with Crippen molar-refractivity contribution in [3.8, 4) is 0 Å². The SMILES string of the molecule is C[C@@H](NC(=O)NC1CCCC1)c1ccccc1Br. The maximum atomic E-state index is 11.9. The number of rotatable bonds is 3. The van der Waals surface area contributed by atoms with Gasteiger partial charge in [-0.2, -0.15) is 0 Å². The topological polar surface area (TPSA) is 41.1 Å². The van der Waals surface area contributed by atoms with Crippen LogP contribution in [-0.2, 0) is 0 Å². The zero-order chi connectivity index (χ0) is 13.0. The van der Waals surface area contributed by atoms with Crippen LogP contribution in [0.3, 0.4) is 0 Å². The fourth-order valence-corrected chi connectivity index (χ4v) is 3.03. The molecule has 0 saturated heterocycles. The number of carbonyl (C=O) groups is 1. The molecule has 4 heteroatoms. The van der Waals surface area contributed by atoms with E-state index in [0.29, 0.717) is 6.04 Å². The molecule has 0 heterocycles. The van der Waals surface area contributed by atoms with Gasteiger partial charge >= 0.3 is 6.03 Å². The van der Waals surface area contributed by atoms with E-state index in [1.165, 1.54) is 12.8 Å². The van der Waals surface area contributed by atoms with Crippen molar-refractivity contribution in [2.75, 3.05) is 0 Å². The monoisotopic (exact) mass is 310 g/mol. The number of carbonyl (C=O) groups excluding carboxylic acids is 1. The number of amides is 2. The molecular formula is C14H19BrN2O. The summed E-state index contributed by atoms with van der Waals surface area (Å²) in [6.07, 6.45) is 4.67. The third-order valence-electron chi connectivity index (χ3n) is 3.41. The largest absolute Gasteiger partial charge is 0.335 e. The summed E-state index contributed by atoms with van der Waals surface area (Å²) in [6, 6.07) is 8.25. The normalized spacial score (nSPS) is 17.4. The molecule has 0 spiro atoms. The minimum atomic E-state index is -0.0647. The quantitative estimate of drug-likeness (QED) is 0.877. The first-order chi connectivity index (χ1) is 8.66. The molecule has 18 heavy (non-hydrogen) atoms. The molecule has 0 aliphatic heterocycles. The molecule has 1 aliphatic carbocycles. The average molecular weight is 311 g/mol. The van der Waals surface area contributed by atoms with Crippen molar-refractivity contribution in [2.45, 2.75) is 44.7 Å². The Hall–Kier alpha value is -1.03. The molecular weight excluding hydrogens is 292 g/mol. The fourth-order valence-electron chi connectivity index (χ4n) is 2.40. The maximum absolute atomic E-state index is 11.9. The Kier molecular flexibility index (Phi) is 4.64. The standard InChI is InChI=1S/C14H19BrN2O/c1-10(12-8-4-5-9-13(12)15)16-14(18)17-11-6-2-3-7-11/h4-5,8-11H,2-3,6-7H2,1H3,(H2,16,17,18)/t10-/m1/s1. The second kappa shape index (κ2) is 6.23. The van der Waals surface area contributed by atoms with Gasteiger partial charge in [0, 0.05) is 10.5 Å². The lowest BCUT2D eigenvalue weighted by molar-refractivity contribution is 0.234. The zero-order valence-corrected chi connectivity index (χ0v) is 12.2. The molecule has 0 unspecified atom stereocenters. The van der Waals surface area contributed by atoms with E-state index < -0.39 is 0 Å². The third-order valence-corrected chi connectivity index (χ3v) is 4.13. The van der Waals surface area contributed by atoms with Crippen LogP contribution in [0.5, 0.6) is 0 Å². The molecule has 2 amide bonds. The third kappa shape index (κ3) is 3.48. The lowest BCUT2D eigenvalue weighted by Gasteiger charge is -2.18. The summed E-state index contributed by atoms with van der Waals surface area (Å²) < 4.78 is 1.03. The highest BCUT2D eigenvalue weighted by molar-refractivity contribution is 9.10. The highest BCUT2D eigenvalue weighted by Crippen LogP contribution is 2.23. The fraction of sp³-hybridized carbons (Fsp3) is 0.500. The van der Waals surface area contributed by atoms with Crippen LogP contribution in [0.15, 0.2) is 28.7 Å². The van der Waals surface area contributed by atoms with Crippen LogP contribution in [-0.4, -0.2) is 12.1 Å². The second-order valence-corrected chi connectivity index (χ2v) is 5.70. The van der Waals surface area contributed by atoms with Crippen LogP contribution in [0.4, 0.5) is 4.79 Å². The van der Waals surface area contributed by atoms with Crippen LogP contribution in [0.2, 0.25) is 0 Å². The van der Waals surface area contributed by atoms with Gasteiger partial charge in [0.15, 0.2) is 0 Å². The average Bonchev–Trinajstić information content (AvgIpc) is 2.82. The van der Waals surface area contributed by atoms with E-state index in [4.69, 9.17) is 0 Å². The molecule has 0 aromatic heterocycles. The number of benzene rings is 1. The Labute approximate surface area is 116 Å². The zero-order valence-electron chi connectivity index (χ0n) is 10.6. The summed E-state index contributed by atoms with van der Waals surface area (Å²) in [5.74, 6) is 0. The summed E-state index contributed by atoms with van der Waals surface area (Å²) in [5, 5.41) is 6.02. The predicted octanol–water partition coefficient (Wildman–Crippen LogP) is 3.75. The van der Waals surface area contributed by atoms with Crippen LogP contribution in [0.25, 0.3) is 0 Å². The minimum Gasteiger partial charge on any atom is -0.335 e. The molecule has 98 valence electrons. The van der Waals surface area contributed by atoms with Crippen LogP contribution in [0.1, 0.15) is 44.2 Å². The van der Waals surface area contributed by atoms with Gasteiger partial charge in [-0.25, -0.2) is 4.79 Å². The number of urea groups is 1. The van der Waals surface area contributed by atoms with Gasteiger partial charge in [-0.1, -0.05) is 47.0 Å². The maximum Gasteiger partial charge on any atom is 0.315 e. The molecule has 0 radical (unpaired) electrons. The summed E-state index contributed by atoms with van der Waals surface area (Å²) in [6.45, 7) is 1.99. The molecule has 2 rings (SSSR count). The van der Waals surface area contributed by atoms with Crippen molar-refractivity contribution in [3.05, 3.63) is 34.3 Å². The number of halogens is 1. The number of hydrogen-bond donors (Lipinski definition) is 2. The highest BCUT2D eigenvalue weighted by Gasteiger charge is 2.18. The molecule has 1 aromatic rings. The Bertz CT molecular complexity index is 416. The van der Waals surface area contributed by atoms with Gasteiger partial charge in [0.2, 0.25) is 0 Å². The summed E-state index contributed by atoms with van der Waals surface area (Å²) in [7, 11) is 0. The number of hydrogen-bond acceptors (Lipinski definition) is 1. The van der Waals surface area contributed by atoms with Crippen LogP contribution >= 0.6 is 15.9 Å². The first-order valence-electron chi connectivity index (χ1n) is 6.48. The predicted molar refractivity (Wildman–Crippen MR) is 76.5 cm³/mol. The molecule has 2 N–H and O–H groups in total. The molecule has 0 bridgehead atoms. The van der Waals surface area contributed by atoms with Crippen molar-refractivity contribution in [2.24, 2.45) is 0 Å². The van der Waals surface area contributed by atoms with E-state index in [9.17, 15) is 4.79 Å². The van der Waals surface area contributed by atoms with E-state index in [0.717, 1.165) is 22.9 Å². The van der Waals surface area contributed by atoms with Gasteiger partial charge in [-0.15, -0.1) is 0 Å². The minimum absolute atomic E-state index is 0.00183. The van der Waals surface area contributed by atoms with E-state index in [1.54, 1.807) is 0 Å². The van der Waals surface area contributed by atoms with Gasteiger partial charge in [-0.3, -0.25) is 0 Å². The van der Waals surface area contributed by atoms with Gasteiger partial charge in [-0.05, 0) is 31.4 Å². The van der Waals surface area contributed by atoms with E-state index in [1.807, 2.05) is 31.2 Å². The van der Waals surface area contributed by atoms with E-state index in [-0.39, 0.29) is 12.1 Å². The summed E-state index contributed by atoms with van der Waals surface area (Å²) >= 11 is 3.50. The van der Waals surface area contributed by atoms with Crippen molar-refractivity contribution >= 4 is 22.0 Å². The Morgan fingerprint density at radius 2 is 2.00 bits per heavy atom. The van der Waals surface area contributed by atoms with Gasteiger partial charge in [0.1, 0.15) is 0 Å². The van der Waals surface area contributed by atoms with Gasteiger partial charge in [0.05, 0.1) is 6.04 Å². The molecule has 3 nitrogen and oxygen atoms in total. The molecule has 1 aliphatic rings. The smallest absolute Gasteiger partial charge is 0.315 e. The van der Waals surface area contributed by atoms with Crippen molar-refractivity contribution in [3.63, 3.8) is 0 Å². The second-order valence-electron chi connectivity index (χ2n) is 4.84. The Balaban J connectivity index is 1.88. The van der Waals surface area contributed by atoms with Gasteiger partial charge < -0.3 is 10.6 Å². The summed E-state index contributed by atoms with van der Waals surface area (Å²) in [5.41, 5.74) is 1.10. The highest BCUT2D eigenvalue weighted by atomic mass is 79.9. The molecule has 1 aromatic carbocycles. The first-order valence-corrected chi connectivity index (χ1v) is 7.27. The first kappa shape index (κ1) is 13.4. The van der Waals surface area contributed by atoms with E-state index in [2.05, 4.69) is 26.6 Å². The van der Waals surface area contributed by atoms with E-state index >= 15 is 0 Å². The molecule has 1 atom stereocenters. The van der Waals surface area contributed by atoms with Crippen molar-refractivity contribution < 1.29 is 4.79 Å². The molecule has 1 saturated carbocycles. The van der Waals surface area contributed by atoms with Crippen LogP contribution in [0, 0.1) is 0 Å². The summed E-state index contributed by atoms with van der Waals surface area (Å²) in [4.78, 5) is 11.9. The Morgan fingerprint density at radius 1 is 1.33 bits per heavy atom. The molecule has 1 fully saturated rings. The van der Waals surface area contributed by atoms with Gasteiger partial charge in [0.25, 0.3) is 0 Å².